The topological polar surface area (TPSA) is 94.5 Å². The summed E-state index contributed by atoms with van der Waals surface area (Å²) in [6.07, 6.45) is 7.76. The Balaban J connectivity index is 1.44. The number of thioether (sulfide) groups is 1. The zero-order valence-corrected chi connectivity index (χ0v) is 16.3. The van der Waals surface area contributed by atoms with E-state index in [1.807, 2.05) is 6.92 Å². The van der Waals surface area contributed by atoms with E-state index < -0.39 is 0 Å². The number of amides is 1. The van der Waals surface area contributed by atoms with E-state index in [0.717, 1.165) is 49.9 Å². The van der Waals surface area contributed by atoms with E-state index in [4.69, 9.17) is 0 Å². The van der Waals surface area contributed by atoms with Gasteiger partial charge >= 0.3 is 0 Å². The minimum atomic E-state index is -0.327. The first-order valence-electron chi connectivity index (χ1n) is 9.10. The number of hydrogen-bond acceptors (Lipinski definition) is 6. The molecule has 2 aromatic rings. The number of nitrogens with zero attached hydrogens (tertiary/aromatic N) is 3. The number of nitrogens with one attached hydrogen (secondary N) is 2. The van der Waals surface area contributed by atoms with Crippen molar-refractivity contribution in [2.24, 2.45) is 0 Å². The molecule has 0 radical (unpaired) electrons. The van der Waals surface area contributed by atoms with Crippen molar-refractivity contribution in [1.29, 1.82) is 5.26 Å². The molecule has 2 N–H and O–H groups in total. The lowest BCUT2D eigenvalue weighted by Crippen LogP contribution is -2.22. The van der Waals surface area contributed by atoms with Crippen molar-refractivity contribution in [2.75, 3.05) is 5.32 Å². The number of thiophene rings is 1. The van der Waals surface area contributed by atoms with Gasteiger partial charge in [0.15, 0.2) is 0 Å². The zero-order chi connectivity index (χ0) is 18.1. The second-order valence-electron chi connectivity index (χ2n) is 6.91. The van der Waals surface area contributed by atoms with Crippen LogP contribution in [0.4, 0.5) is 5.00 Å². The van der Waals surface area contributed by atoms with Crippen molar-refractivity contribution in [3.8, 4) is 6.07 Å². The molecule has 4 rings (SSSR count). The molecule has 1 atom stereocenters. The van der Waals surface area contributed by atoms with Gasteiger partial charge in [0.05, 0.1) is 10.8 Å². The molecule has 2 aliphatic rings. The molecule has 1 fully saturated rings. The maximum absolute atomic E-state index is 12.6. The van der Waals surface area contributed by atoms with Gasteiger partial charge in [0.25, 0.3) is 0 Å². The van der Waals surface area contributed by atoms with Gasteiger partial charge in [-0.05, 0) is 51.0 Å². The molecule has 6 nitrogen and oxygen atoms in total. The summed E-state index contributed by atoms with van der Waals surface area (Å²) in [6.45, 7) is 1.85. The molecule has 2 heterocycles. The molecule has 2 aliphatic carbocycles. The van der Waals surface area contributed by atoms with Crippen molar-refractivity contribution in [2.45, 2.75) is 68.2 Å². The highest BCUT2D eigenvalue weighted by atomic mass is 32.2. The number of carbonyl (C=O) groups excluding carboxylic acids is 1. The number of nitriles is 1. The maximum Gasteiger partial charge on any atom is 0.238 e. The van der Waals surface area contributed by atoms with Crippen molar-refractivity contribution in [3.05, 3.63) is 21.8 Å². The monoisotopic (exact) mass is 387 g/mol. The Kier molecular flexibility index (Phi) is 5.00. The molecule has 0 spiro atoms. The second kappa shape index (κ2) is 7.41. The van der Waals surface area contributed by atoms with Gasteiger partial charge < -0.3 is 5.32 Å². The fraction of sp³-hybridized carbons (Fsp3) is 0.556. The summed E-state index contributed by atoms with van der Waals surface area (Å²) in [5.41, 5.74) is 1.81. The Labute approximate surface area is 160 Å². The number of carbonyl (C=O) groups is 1. The van der Waals surface area contributed by atoms with Gasteiger partial charge in [-0.3, -0.25) is 9.89 Å². The molecule has 8 heteroatoms. The minimum absolute atomic E-state index is 0.110. The Hall–Kier alpha value is -1.85. The van der Waals surface area contributed by atoms with Gasteiger partial charge in [0, 0.05) is 10.8 Å². The van der Waals surface area contributed by atoms with Gasteiger partial charge in [-0.1, -0.05) is 18.2 Å². The fourth-order valence-electron chi connectivity index (χ4n) is 3.22. The number of hydrogen-bond donors (Lipinski definition) is 2. The molecule has 136 valence electrons. The number of H-pyrrole nitrogens is 1. The highest BCUT2D eigenvalue weighted by Gasteiger charge is 2.28. The van der Waals surface area contributed by atoms with Crippen molar-refractivity contribution in [3.63, 3.8) is 0 Å². The first-order valence-corrected chi connectivity index (χ1v) is 10.8. The molecule has 1 unspecified atom stereocenters. The Morgan fingerprint density at radius 3 is 2.96 bits per heavy atom. The summed E-state index contributed by atoms with van der Waals surface area (Å²) in [5, 5.41) is 20.7. The van der Waals surface area contributed by atoms with E-state index in [2.05, 4.69) is 26.6 Å². The Morgan fingerprint density at radius 1 is 1.38 bits per heavy atom. The first-order chi connectivity index (χ1) is 12.7. The third-order valence-electron chi connectivity index (χ3n) is 4.87. The third kappa shape index (κ3) is 3.64. The van der Waals surface area contributed by atoms with Gasteiger partial charge in [0.2, 0.25) is 11.1 Å². The quantitative estimate of drug-likeness (QED) is 0.597. The largest absolute Gasteiger partial charge is 0.316 e. The smallest absolute Gasteiger partial charge is 0.238 e. The number of aromatic nitrogens is 3. The molecule has 0 aliphatic heterocycles. The average molecular weight is 388 g/mol. The summed E-state index contributed by atoms with van der Waals surface area (Å²) in [5.74, 6) is 1.33. The molecule has 0 saturated heterocycles. The van der Waals surface area contributed by atoms with Crippen LogP contribution in [0.5, 0.6) is 0 Å². The molecule has 2 aromatic heterocycles. The molecule has 1 amide bonds. The lowest BCUT2D eigenvalue weighted by molar-refractivity contribution is -0.115. The van der Waals surface area contributed by atoms with Crippen LogP contribution in [0, 0.1) is 11.3 Å². The van der Waals surface area contributed by atoms with Gasteiger partial charge in [-0.15, -0.1) is 16.4 Å². The van der Waals surface area contributed by atoms with E-state index >= 15 is 0 Å². The number of aryl methyl sites for hydroxylation is 1. The third-order valence-corrected chi connectivity index (χ3v) is 7.04. The molecule has 26 heavy (non-hydrogen) atoms. The highest BCUT2D eigenvalue weighted by Crippen LogP contribution is 2.39. The minimum Gasteiger partial charge on any atom is -0.316 e. The van der Waals surface area contributed by atoms with Gasteiger partial charge in [-0.25, -0.2) is 4.98 Å². The number of rotatable bonds is 5. The normalized spacial score (nSPS) is 17.8. The second-order valence-corrected chi connectivity index (χ2v) is 9.32. The first kappa shape index (κ1) is 17.6. The van der Waals surface area contributed by atoms with Crippen LogP contribution in [0.2, 0.25) is 0 Å². The predicted octanol–water partition coefficient (Wildman–Crippen LogP) is 4.00. The number of fused-ring (bicyclic) bond motifs is 1. The SMILES string of the molecule is CC(Sc1n[nH]c(C2CC2)n1)C(=O)Nc1sc2c(c1C#N)CCCCC2. The summed E-state index contributed by atoms with van der Waals surface area (Å²) in [6, 6.07) is 2.31. The van der Waals surface area contributed by atoms with E-state index in [1.54, 1.807) is 11.3 Å². The van der Waals surface area contributed by atoms with E-state index in [-0.39, 0.29) is 11.2 Å². The van der Waals surface area contributed by atoms with Crippen LogP contribution in [-0.4, -0.2) is 26.3 Å². The van der Waals surface area contributed by atoms with Crippen molar-refractivity contribution < 1.29 is 4.79 Å². The van der Waals surface area contributed by atoms with Crippen LogP contribution in [0.1, 0.15) is 66.8 Å². The molecular weight excluding hydrogens is 366 g/mol. The lowest BCUT2D eigenvalue weighted by atomic mass is 10.1. The number of anilines is 1. The van der Waals surface area contributed by atoms with Crippen molar-refractivity contribution >= 4 is 34.0 Å². The van der Waals surface area contributed by atoms with Crippen LogP contribution < -0.4 is 5.32 Å². The van der Waals surface area contributed by atoms with Crippen LogP contribution in [0.25, 0.3) is 0 Å². The van der Waals surface area contributed by atoms with Crippen LogP contribution in [-0.2, 0) is 17.6 Å². The fourth-order valence-corrected chi connectivity index (χ4v) is 5.20. The van der Waals surface area contributed by atoms with Crippen molar-refractivity contribution in [1.82, 2.24) is 15.2 Å². The molecular formula is C18H21N5OS2. The van der Waals surface area contributed by atoms with E-state index in [9.17, 15) is 10.1 Å². The Bertz CT molecular complexity index is 862. The van der Waals surface area contributed by atoms with Gasteiger partial charge in [0.1, 0.15) is 16.9 Å². The summed E-state index contributed by atoms with van der Waals surface area (Å²) in [4.78, 5) is 18.3. The van der Waals surface area contributed by atoms with Crippen LogP contribution in [0.15, 0.2) is 5.16 Å². The van der Waals surface area contributed by atoms with Crippen LogP contribution >= 0.6 is 23.1 Å². The standard InChI is InChI=1S/C18H21N5OS2/c1-10(25-18-20-15(22-23-18)11-7-8-11)16(24)21-17-13(9-19)12-5-3-2-4-6-14(12)26-17/h10-11H,2-8H2,1H3,(H,21,24)(H,20,22,23). The predicted molar refractivity (Wildman–Crippen MR) is 103 cm³/mol. The molecule has 1 saturated carbocycles. The van der Waals surface area contributed by atoms with Gasteiger partial charge in [-0.2, -0.15) is 5.26 Å². The number of aromatic amines is 1. The zero-order valence-electron chi connectivity index (χ0n) is 14.7. The molecule has 0 aromatic carbocycles. The van der Waals surface area contributed by atoms with Crippen LogP contribution in [0.3, 0.4) is 0 Å². The highest BCUT2D eigenvalue weighted by molar-refractivity contribution is 8.00. The summed E-state index contributed by atoms with van der Waals surface area (Å²) >= 11 is 2.91. The maximum atomic E-state index is 12.6. The van der Waals surface area contributed by atoms with E-state index in [1.165, 1.54) is 23.1 Å². The average Bonchev–Trinajstić information content (AvgIpc) is 3.35. The van der Waals surface area contributed by atoms with E-state index in [0.29, 0.717) is 21.6 Å². The lowest BCUT2D eigenvalue weighted by Gasteiger charge is -2.09. The summed E-state index contributed by atoms with van der Waals surface area (Å²) in [7, 11) is 0. The molecule has 0 bridgehead atoms. The Morgan fingerprint density at radius 2 is 2.19 bits per heavy atom. The summed E-state index contributed by atoms with van der Waals surface area (Å²) < 4.78 is 0.